The smallest absolute Gasteiger partial charge is 0.254 e. The maximum Gasteiger partial charge on any atom is 0.254 e. The maximum absolute atomic E-state index is 13.6. The summed E-state index contributed by atoms with van der Waals surface area (Å²) < 4.78 is 18.5. The van der Waals surface area contributed by atoms with Crippen molar-refractivity contribution in [3.8, 4) is 5.75 Å². The lowest BCUT2D eigenvalue weighted by atomic mass is 10.1. The maximum atomic E-state index is 13.6. The number of rotatable bonds is 8. The summed E-state index contributed by atoms with van der Waals surface area (Å²) in [4.78, 5) is 11.7. The molecule has 0 unspecified atom stereocenters. The van der Waals surface area contributed by atoms with Gasteiger partial charge >= 0.3 is 0 Å². The lowest BCUT2D eigenvalue weighted by Gasteiger charge is -2.07. The van der Waals surface area contributed by atoms with E-state index in [0.29, 0.717) is 18.2 Å². The van der Waals surface area contributed by atoms with Gasteiger partial charge in [-0.15, -0.1) is 11.6 Å². The number of hydrogen-bond acceptors (Lipinski definition) is 2. The Labute approximate surface area is 118 Å². The summed E-state index contributed by atoms with van der Waals surface area (Å²) in [5, 5.41) is 2.70. The minimum absolute atomic E-state index is 0.0431. The predicted molar refractivity (Wildman–Crippen MR) is 74.5 cm³/mol. The molecule has 3 nitrogen and oxygen atoms in total. The van der Waals surface area contributed by atoms with Crippen LogP contribution in [0.3, 0.4) is 0 Å². The van der Waals surface area contributed by atoms with Crippen LogP contribution in [0.1, 0.15) is 36.0 Å². The van der Waals surface area contributed by atoms with Crippen molar-refractivity contribution in [2.45, 2.75) is 25.7 Å². The Morgan fingerprint density at radius 2 is 2.05 bits per heavy atom. The zero-order chi connectivity index (χ0) is 14.1. The predicted octanol–water partition coefficient (Wildman–Crippen LogP) is 3.36. The van der Waals surface area contributed by atoms with Gasteiger partial charge < -0.3 is 10.1 Å². The van der Waals surface area contributed by atoms with Crippen LogP contribution in [0, 0.1) is 5.82 Å². The number of carbonyl (C=O) groups excluding carboxylic acids is 1. The van der Waals surface area contributed by atoms with Gasteiger partial charge in [0.1, 0.15) is 11.6 Å². The molecule has 0 spiro atoms. The van der Waals surface area contributed by atoms with Crippen LogP contribution >= 0.6 is 11.6 Å². The van der Waals surface area contributed by atoms with Gasteiger partial charge in [0.15, 0.2) is 0 Å². The monoisotopic (exact) mass is 287 g/mol. The van der Waals surface area contributed by atoms with Crippen molar-refractivity contribution in [1.29, 1.82) is 0 Å². The largest absolute Gasteiger partial charge is 0.497 e. The van der Waals surface area contributed by atoms with Gasteiger partial charge in [-0.05, 0) is 25.0 Å². The van der Waals surface area contributed by atoms with E-state index in [1.807, 2.05) is 0 Å². The van der Waals surface area contributed by atoms with Crippen LogP contribution in [0.25, 0.3) is 0 Å². The molecular formula is C14H19ClFNO2. The van der Waals surface area contributed by atoms with E-state index in [1.54, 1.807) is 6.07 Å². The number of unbranched alkanes of at least 4 members (excludes halogenated alkanes) is 3. The average Bonchev–Trinajstić information content (AvgIpc) is 2.42. The number of hydrogen-bond donors (Lipinski definition) is 1. The second-order valence-electron chi connectivity index (χ2n) is 4.20. The van der Waals surface area contributed by atoms with E-state index in [1.165, 1.54) is 19.2 Å². The number of alkyl halides is 1. The highest BCUT2D eigenvalue weighted by Crippen LogP contribution is 2.16. The molecule has 0 saturated carbocycles. The van der Waals surface area contributed by atoms with E-state index in [4.69, 9.17) is 16.3 Å². The van der Waals surface area contributed by atoms with Gasteiger partial charge in [-0.25, -0.2) is 4.39 Å². The Bertz CT molecular complexity index is 412. The Morgan fingerprint density at radius 3 is 2.68 bits per heavy atom. The average molecular weight is 288 g/mol. The molecule has 0 bridgehead atoms. The summed E-state index contributed by atoms with van der Waals surface area (Å²) in [7, 11) is 1.45. The minimum Gasteiger partial charge on any atom is -0.497 e. The van der Waals surface area contributed by atoms with Crippen LogP contribution in [0.4, 0.5) is 4.39 Å². The van der Waals surface area contributed by atoms with Crippen molar-refractivity contribution in [2.75, 3.05) is 19.5 Å². The molecule has 0 saturated heterocycles. The van der Waals surface area contributed by atoms with Crippen LogP contribution < -0.4 is 10.1 Å². The molecule has 106 valence electrons. The molecule has 0 aliphatic rings. The lowest BCUT2D eigenvalue weighted by Crippen LogP contribution is -2.25. The molecule has 19 heavy (non-hydrogen) atoms. The van der Waals surface area contributed by atoms with Crippen LogP contribution in [-0.4, -0.2) is 25.4 Å². The number of amides is 1. The molecule has 0 aliphatic heterocycles. The van der Waals surface area contributed by atoms with Crippen LogP contribution in [-0.2, 0) is 0 Å². The van der Waals surface area contributed by atoms with E-state index in [2.05, 4.69) is 5.32 Å². The summed E-state index contributed by atoms with van der Waals surface area (Å²) in [6.07, 6.45) is 3.93. The van der Waals surface area contributed by atoms with Crippen molar-refractivity contribution >= 4 is 17.5 Å². The van der Waals surface area contributed by atoms with Gasteiger partial charge in [-0.2, -0.15) is 0 Å². The van der Waals surface area contributed by atoms with Gasteiger partial charge in [-0.3, -0.25) is 4.79 Å². The highest BCUT2D eigenvalue weighted by atomic mass is 35.5. The summed E-state index contributed by atoms with van der Waals surface area (Å²) in [6.45, 7) is 0.548. The molecule has 1 N–H and O–H groups in total. The number of halogens is 2. The highest BCUT2D eigenvalue weighted by Gasteiger charge is 2.11. The fourth-order valence-corrected chi connectivity index (χ4v) is 1.87. The van der Waals surface area contributed by atoms with Gasteiger partial charge in [0.25, 0.3) is 5.91 Å². The molecular weight excluding hydrogens is 269 g/mol. The Kier molecular flexibility index (Phi) is 7.26. The molecule has 0 aromatic heterocycles. The van der Waals surface area contributed by atoms with E-state index >= 15 is 0 Å². The van der Waals surface area contributed by atoms with Crippen molar-refractivity contribution < 1.29 is 13.9 Å². The van der Waals surface area contributed by atoms with Crippen LogP contribution in [0.15, 0.2) is 18.2 Å². The summed E-state index contributed by atoms with van der Waals surface area (Å²) in [6, 6.07) is 4.20. The molecule has 1 aromatic carbocycles. The summed E-state index contributed by atoms with van der Waals surface area (Å²) in [5.74, 6) is 0.107. The number of ether oxygens (including phenoxy) is 1. The van der Waals surface area contributed by atoms with Gasteiger partial charge in [0.2, 0.25) is 0 Å². The molecule has 1 rings (SSSR count). The van der Waals surface area contributed by atoms with Crippen LogP contribution in [0.2, 0.25) is 0 Å². The molecule has 0 fully saturated rings. The molecule has 0 radical (unpaired) electrons. The first-order valence-electron chi connectivity index (χ1n) is 6.36. The van der Waals surface area contributed by atoms with Crippen molar-refractivity contribution in [2.24, 2.45) is 0 Å². The van der Waals surface area contributed by atoms with E-state index in [0.717, 1.165) is 25.7 Å². The fraction of sp³-hybridized carbons (Fsp3) is 0.500. The molecule has 0 aliphatic carbocycles. The summed E-state index contributed by atoms with van der Waals surface area (Å²) >= 11 is 5.57. The standard InChI is InChI=1S/C14H19ClFNO2/c1-19-11-6-7-12(13(16)10-11)14(18)17-9-5-3-2-4-8-15/h6-7,10H,2-5,8-9H2,1H3,(H,17,18). The number of nitrogens with one attached hydrogen (secondary N) is 1. The van der Waals surface area contributed by atoms with Gasteiger partial charge in [0.05, 0.1) is 12.7 Å². The van der Waals surface area contributed by atoms with Crippen LogP contribution in [0.5, 0.6) is 5.75 Å². The van der Waals surface area contributed by atoms with Gasteiger partial charge in [0, 0.05) is 18.5 Å². The van der Waals surface area contributed by atoms with Crippen molar-refractivity contribution in [1.82, 2.24) is 5.32 Å². The van der Waals surface area contributed by atoms with Crippen molar-refractivity contribution in [3.63, 3.8) is 0 Å². The summed E-state index contributed by atoms with van der Waals surface area (Å²) in [5.41, 5.74) is 0.0431. The van der Waals surface area contributed by atoms with E-state index in [9.17, 15) is 9.18 Å². The molecule has 1 aromatic rings. The lowest BCUT2D eigenvalue weighted by molar-refractivity contribution is 0.0949. The molecule has 0 heterocycles. The number of methoxy groups -OCH3 is 1. The van der Waals surface area contributed by atoms with Crippen molar-refractivity contribution in [3.05, 3.63) is 29.6 Å². The SMILES string of the molecule is COc1ccc(C(=O)NCCCCCCCl)c(F)c1. The quantitative estimate of drug-likeness (QED) is 0.588. The van der Waals surface area contributed by atoms with Gasteiger partial charge in [-0.1, -0.05) is 12.8 Å². The number of benzene rings is 1. The second kappa shape index (κ2) is 8.75. The first-order valence-corrected chi connectivity index (χ1v) is 6.90. The topological polar surface area (TPSA) is 38.3 Å². The third-order valence-corrected chi connectivity index (χ3v) is 3.03. The van der Waals surface area contributed by atoms with E-state index in [-0.39, 0.29) is 5.56 Å². The Balaban J connectivity index is 2.37. The Hall–Kier alpha value is -1.29. The zero-order valence-corrected chi connectivity index (χ0v) is 11.8. The highest BCUT2D eigenvalue weighted by molar-refractivity contribution is 6.17. The first kappa shape index (κ1) is 15.8. The number of carbonyl (C=O) groups is 1. The molecule has 1 amide bonds. The second-order valence-corrected chi connectivity index (χ2v) is 4.58. The molecule has 0 atom stereocenters. The normalized spacial score (nSPS) is 10.3. The third-order valence-electron chi connectivity index (χ3n) is 2.77. The van der Waals surface area contributed by atoms with E-state index < -0.39 is 11.7 Å². The first-order chi connectivity index (χ1) is 9.19. The zero-order valence-electron chi connectivity index (χ0n) is 11.0. The minimum atomic E-state index is -0.570. The fourth-order valence-electron chi connectivity index (χ4n) is 1.68. The third kappa shape index (κ3) is 5.47. The Morgan fingerprint density at radius 1 is 1.32 bits per heavy atom. The molecule has 5 heteroatoms.